The van der Waals surface area contributed by atoms with Gasteiger partial charge < -0.3 is 9.15 Å². The first-order chi connectivity index (χ1) is 13.2. The number of halogens is 2. The molecule has 0 fully saturated rings. The molecule has 0 atom stereocenters. The molecule has 28 heavy (non-hydrogen) atoms. The number of aryl methyl sites for hydroxylation is 1. The van der Waals surface area contributed by atoms with Gasteiger partial charge in [0.25, 0.3) is 10.0 Å². The normalized spacial score (nSPS) is 11.6. The molecular weight excluding hydrogens is 514 g/mol. The number of nitrogens with one attached hydrogen (secondary N) is 1. The minimum atomic E-state index is -3.85. The number of furan rings is 1. The molecule has 3 rings (SSSR count). The van der Waals surface area contributed by atoms with E-state index >= 15 is 0 Å². The number of benzene rings is 2. The second-order valence-corrected chi connectivity index (χ2v) is 9.48. The van der Waals surface area contributed by atoms with E-state index < -0.39 is 16.0 Å². The molecule has 0 saturated carbocycles. The number of sulfonamides is 1. The third-order valence-electron chi connectivity index (χ3n) is 3.94. The Morgan fingerprint density at radius 1 is 1.18 bits per heavy atom. The van der Waals surface area contributed by atoms with E-state index in [4.69, 9.17) is 9.15 Å². The van der Waals surface area contributed by atoms with Crippen LogP contribution in [0.5, 0.6) is 0 Å². The number of carbonyl (C=O) groups excluding carboxylic acids is 1. The van der Waals surface area contributed by atoms with Gasteiger partial charge in [0.1, 0.15) is 21.8 Å². The Hall–Kier alpha value is -1.84. The third kappa shape index (κ3) is 4.26. The Bertz CT molecular complexity index is 1150. The number of fused-ring (bicyclic) bond motifs is 1. The summed E-state index contributed by atoms with van der Waals surface area (Å²) in [5.74, 6) is -0.0707. The van der Waals surface area contributed by atoms with Gasteiger partial charge in [0.2, 0.25) is 0 Å². The van der Waals surface area contributed by atoms with Crippen molar-refractivity contribution in [3.05, 3.63) is 56.7 Å². The van der Waals surface area contributed by atoms with Gasteiger partial charge in [-0.05, 0) is 65.7 Å². The predicted molar refractivity (Wildman–Crippen MR) is 114 cm³/mol. The van der Waals surface area contributed by atoms with E-state index in [0.29, 0.717) is 50.0 Å². The van der Waals surface area contributed by atoms with Crippen LogP contribution in [0.3, 0.4) is 0 Å². The van der Waals surface area contributed by atoms with Crippen LogP contribution >= 0.6 is 31.9 Å². The van der Waals surface area contributed by atoms with Crippen LogP contribution in [0.1, 0.15) is 29.5 Å². The summed E-state index contributed by atoms with van der Waals surface area (Å²) in [6.45, 7) is 3.87. The highest BCUT2D eigenvalue weighted by Gasteiger charge is 2.22. The first-order valence-electron chi connectivity index (χ1n) is 8.41. The average Bonchev–Trinajstić information content (AvgIpc) is 2.96. The minimum absolute atomic E-state index is 0.0907. The fourth-order valence-corrected chi connectivity index (χ4v) is 5.25. The molecule has 0 aliphatic rings. The van der Waals surface area contributed by atoms with E-state index in [1.54, 1.807) is 37.3 Å². The minimum Gasteiger partial charge on any atom is -0.462 e. The number of esters is 1. The lowest BCUT2D eigenvalue weighted by atomic mass is 10.1. The van der Waals surface area contributed by atoms with E-state index in [-0.39, 0.29) is 4.90 Å². The van der Waals surface area contributed by atoms with Crippen molar-refractivity contribution >= 4 is 64.5 Å². The second-order valence-electron chi connectivity index (χ2n) is 6.06. The Kier molecular flexibility index (Phi) is 6.16. The average molecular weight is 531 g/mol. The summed E-state index contributed by atoms with van der Waals surface area (Å²) in [6, 6.07) is 9.64. The number of carbonyl (C=O) groups is 1. The van der Waals surface area contributed by atoms with Crippen LogP contribution in [0, 0.1) is 6.92 Å². The van der Waals surface area contributed by atoms with Crippen molar-refractivity contribution in [2.75, 3.05) is 11.3 Å². The van der Waals surface area contributed by atoms with Gasteiger partial charge >= 0.3 is 5.97 Å². The van der Waals surface area contributed by atoms with Crippen LogP contribution in [0.25, 0.3) is 11.0 Å². The van der Waals surface area contributed by atoms with Crippen LogP contribution in [0.4, 0.5) is 5.69 Å². The first kappa shape index (κ1) is 20.9. The summed E-state index contributed by atoms with van der Waals surface area (Å²) in [7, 11) is -3.85. The van der Waals surface area contributed by atoms with E-state index in [9.17, 15) is 13.2 Å². The lowest BCUT2D eigenvalue weighted by Crippen LogP contribution is -2.13. The molecular formula is C19H17Br2NO5S. The monoisotopic (exact) mass is 529 g/mol. The van der Waals surface area contributed by atoms with Crippen molar-refractivity contribution in [2.24, 2.45) is 0 Å². The quantitative estimate of drug-likeness (QED) is 0.417. The molecule has 148 valence electrons. The summed E-state index contributed by atoms with van der Waals surface area (Å²) < 4.78 is 40.0. The van der Waals surface area contributed by atoms with Gasteiger partial charge in [0.15, 0.2) is 0 Å². The van der Waals surface area contributed by atoms with Crippen molar-refractivity contribution < 1.29 is 22.4 Å². The van der Waals surface area contributed by atoms with Crippen LogP contribution in [-0.4, -0.2) is 21.0 Å². The van der Waals surface area contributed by atoms with Gasteiger partial charge in [0.05, 0.1) is 6.61 Å². The summed E-state index contributed by atoms with van der Waals surface area (Å²) in [5.41, 5.74) is 1.09. The Balaban J connectivity index is 2.00. The molecule has 0 radical (unpaired) electrons. The van der Waals surface area contributed by atoms with E-state index in [1.807, 2.05) is 6.92 Å². The molecule has 9 heteroatoms. The van der Waals surface area contributed by atoms with Crippen molar-refractivity contribution in [3.8, 4) is 0 Å². The summed E-state index contributed by atoms with van der Waals surface area (Å²) in [5, 5.41) is 0.493. The van der Waals surface area contributed by atoms with Gasteiger partial charge in [-0.2, -0.15) is 0 Å². The van der Waals surface area contributed by atoms with Crippen molar-refractivity contribution in [3.63, 3.8) is 0 Å². The largest absolute Gasteiger partial charge is 0.462 e. The Labute approximate surface area is 179 Å². The molecule has 0 aliphatic heterocycles. The molecule has 0 aliphatic carbocycles. The van der Waals surface area contributed by atoms with Crippen LogP contribution in [0.2, 0.25) is 0 Å². The molecule has 0 amide bonds. The zero-order valence-corrected chi connectivity index (χ0v) is 19.1. The van der Waals surface area contributed by atoms with Gasteiger partial charge in [0, 0.05) is 20.0 Å². The summed E-state index contributed by atoms with van der Waals surface area (Å²) in [4.78, 5) is 12.5. The van der Waals surface area contributed by atoms with Crippen molar-refractivity contribution in [1.82, 2.24) is 0 Å². The smallest absolute Gasteiger partial charge is 0.342 e. The summed E-state index contributed by atoms with van der Waals surface area (Å²) in [6.07, 6.45) is 0.702. The molecule has 0 unspecified atom stereocenters. The lowest BCUT2D eigenvalue weighted by Gasteiger charge is -2.10. The second kappa shape index (κ2) is 8.26. The molecule has 1 N–H and O–H groups in total. The molecule has 6 nitrogen and oxygen atoms in total. The fraction of sp³-hybridized carbons (Fsp3) is 0.211. The molecule has 0 spiro atoms. The number of hydrogen-bond donors (Lipinski definition) is 1. The number of anilines is 1. The lowest BCUT2D eigenvalue weighted by molar-refractivity contribution is 0.0505. The molecule has 0 bridgehead atoms. The predicted octanol–water partition coefficient (Wildman–Crippen LogP) is 5.63. The number of hydrogen-bond acceptors (Lipinski definition) is 5. The van der Waals surface area contributed by atoms with Gasteiger partial charge in [-0.15, -0.1) is 0 Å². The third-order valence-corrected chi connectivity index (χ3v) is 6.81. The van der Waals surface area contributed by atoms with Gasteiger partial charge in [-0.25, -0.2) is 13.2 Å². The molecule has 1 heterocycles. The number of ether oxygens (including phenoxy) is 1. The maximum absolute atomic E-state index is 12.8. The Morgan fingerprint density at radius 2 is 1.93 bits per heavy atom. The zero-order valence-electron chi connectivity index (χ0n) is 15.1. The van der Waals surface area contributed by atoms with Crippen LogP contribution < -0.4 is 4.72 Å². The van der Waals surface area contributed by atoms with Gasteiger partial charge in [-0.1, -0.05) is 22.9 Å². The van der Waals surface area contributed by atoms with E-state index in [0.717, 1.165) is 0 Å². The fourth-order valence-electron chi connectivity index (χ4n) is 2.70. The van der Waals surface area contributed by atoms with E-state index in [2.05, 4.69) is 36.6 Å². The van der Waals surface area contributed by atoms with Crippen LogP contribution in [0.15, 0.2) is 54.7 Å². The van der Waals surface area contributed by atoms with Gasteiger partial charge in [-0.3, -0.25) is 4.72 Å². The van der Waals surface area contributed by atoms with Crippen molar-refractivity contribution in [1.29, 1.82) is 0 Å². The molecule has 0 saturated heterocycles. The maximum atomic E-state index is 12.8. The highest BCUT2D eigenvalue weighted by atomic mass is 79.9. The summed E-state index contributed by atoms with van der Waals surface area (Å²) >= 11 is 6.54. The molecule has 3 aromatic rings. The molecule has 2 aromatic carbocycles. The maximum Gasteiger partial charge on any atom is 0.342 e. The molecule has 1 aromatic heterocycles. The topological polar surface area (TPSA) is 85.6 Å². The standard InChI is InChI=1S/C19H17Br2NO5S/c1-3-8-26-19(23)18-11(2)27-16-7-5-13(10-14(16)18)22-28(24,25)17-9-12(20)4-6-15(17)21/h4-7,9-10,22H,3,8H2,1-2H3. The van der Waals surface area contributed by atoms with E-state index in [1.165, 1.54) is 6.07 Å². The highest BCUT2D eigenvalue weighted by Crippen LogP contribution is 2.31. The number of rotatable bonds is 6. The van der Waals surface area contributed by atoms with Crippen molar-refractivity contribution in [2.45, 2.75) is 25.2 Å². The highest BCUT2D eigenvalue weighted by molar-refractivity contribution is 9.11. The Morgan fingerprint density at radius 3 is 2.64 bits per heavy atom. The first-order valence-corrected chi connectivity index (χ1v) is 11.5. The zero-order chi connectivity index (χ0) is 20.5. The SMILES string of the molecule is CCCOC(=O)c1c(C)oc2ccc(NS(=O)(=O)c3cc(Br)ccc3Br)cc12. The van der Waals surface area contributed by atoms with Crippen LogP contribution in [-0.2, 0) is 14.8 Å².